The molecule has 1 aromatic carbocycles. The van der Waals surface area contributed by atoms with Gasteiger partial charge in [-0.25, -0.2) is 9.78 Å². The summed E-state index contributed by atoms with van der Waals surface area (Å²) < 4.78 is 7.02. The van der Waals surface area contributed by atoms with Crippen LogP contribution in [0.1, 0.15) is 35.0 Å². The number of hydrogen-bond donors (Lipinski definition) is 1. The highest BCUT2D eigenvalue weighted by Gasteiger charge is 2.11. The minimum Gasteiger partial charge on any atom is -0.462 e. The van der Waals surface area contributed by atoms with Gasteiger partial charge in [0.25, 0.3) is 0 Å². The van der Waals surface area contributed by atoms with E-state index in [2.05, 4.69) is 10.3 Å². The van der Waals surface area contributed by atoms with E-state index in [4.69, 9.17) is 4.74 Å². The molecule has 0 radical (unpaired) electrons. The molecule has 0 spiro atoms. The summed E-state index contributed by atoms with van der Waals surface area (Å²) in [5.74, 6) is -0.580. The fourth-order valence-corrected chi connectivity index (χ4v) is 2.66. The number of ether oxygens (including phenoxy) is 1. The molecule has 0 bridgehead atoms. The van der Waals surface area contributed by atoms with Crippen molar-refractivity contribution in [3.05, 3.63) is 65.6 Å². The molecule has 134 valence electrons. The van der Waals surface area contributed by atoms with Gasteiger partial charge in [-0.1, -0.05) is 19.1 Å². The normalized spacial score (nSPS) is 10.7. The summed E-state index contributed by atoms with van der Waals surface area (Å²) in [6.45, 7) is 4.29. The fraction of sp³-hybridized carbons (Fsp3) is 0.250. The van der Waals surface area contributed by atoms with Crippen LogP contribution in [-0.2, 0) is 16.0 Å². The molecule has 0 aliphatic rings. The molecule has 3 rings (SSSR count). The van der Waals surface area contributed by atoms with Gasteiger partial charge in [-0.05, 0) is 43.2 Å². The predicted octanol–water partition coefficient (Wildman–Crippen LogP) is 3.39. The van der Waals surface area contributed by atoms with Crippen LogP contribution in [0.4, 0.5) is 5.69 Å². The number of nitrogens with zero attached hydrogens (tertiary/aromatic N) is 2. The SMILES string of the molecule is CCCOC(=O)c1cccc(NC(=O)Cc2cn3cccc(C)c3n2)c1. The Hall–Kier alpha value is -3.15. The Kier molecular flexibility index (Phi) is 5.31. The number of amides is 1. The topological polar surface area (TPSA) is 72.7 Å². The van der Waals surface area contributed by atoms with Crippen LogP contribution in [0.15, 0.2) is 48.8 Å². The van der Waals surface area contributed by atoms with Crippen LogP contribution in [0.2, 0.25) is 0 Å². The van der Waals surface area contributed by atoms with Crippen molar-refractivity contribution >= 4 is 23.2 Å². The smallest absolute Gasteiger partial charge is 0.338 e. The first kappa shape index (κ1) is 17.7. The predicted molar refractivity (Wildman–Crippen MR) is 99.3 cm³/mol. The monoisotopic (exact) mass is 351 g/mol. The molecule has 2 heterocycles. The molecular weight excluding hydrogens is 330 g/mol. The van der Waals surface area contributed by atoms with Gasteiger partial charge in [0.1, 0.15) is 5.65 Å². The first-order chi connectivity index (χ1) is 12.6. The van der Waals surface area contributed by atoms with Gasteiger partial charge >= 0.3 is 5.97 Å². The number of carbonyl (C=O) groups excluding carboxylic acids is 2. The number of imidazole rings is 1. The van der Waals surface area contributed by atoms with Gasteiger partial charge in [0.2, 0.25) is 5.91 Å². The number of fused-ring (bicyclic) bond motifs is 1. The Morgan fingerprint density at radius 1 is 1.23 bits per heavy atom. The van der Waals surface area contributed by atoms with Crippen LogP contribution in [0.5, 0.6) is 0 Å². The summed E-state index contributed by atoms with van der Waals surface area (Å²) in [6, 6.07) is 10.7. The van der Waals surface area contributed by atoms with E-state index >= 15 is 0 Å². The number of nitrogens with one attached hydrogen (secondary N) is 1. The van der Waals surface area contributed by atoms with E-state index in [0.717, 1.165) is 17.6 Å². The average molecular weight is 351 g/mol. The Morgan fingerprint density at radius 3 is 2.85 bits per heavy atom. The largest absolute Gasteiger partial charge is 0.462 e. The highest BCUT2D eigenvalue weighted by molar-refractivity contribution is 5.95. The van der Waals surface area contributed by atoms with E-state index in [1.165, 1.54) is 0 Å². The van der Waals surface area contributed by atoms with Crippen molar-refractivity contribution in [2.75, 3.05) is 11.9 Å². The maximum Gasteiger partial charge on any atom is 0.338 e. The molecule has 1 N–H and O–H groups in total. The average Bonchev–Trinajstić information content (AvgIpc) is 3.03. The summed E-state index contributed by atoms with van der Waals surface area (Å²) in [7, 11) is 0. The lowest BCUT2D eigenvalue weighted by molar-refractivity contribution is -0.115. The van der Waals surface area contributed by atoms with Crippen molar-refractivity contribution in [2.24, 2.45) is 0 Å². The molecule has 26 heavy (non-hydrogen) atoms. The maximum absolute atomic E-state index is 12.3. The van der Waals surface area contributed by atoms with E-state index < -0.39 is 5.97 Å². The van der Waals surface area contributed by atoms with E-state index in [0.29, 0.717) is 23.6 Å². The van der Waals surface area contributed by atoms with E-state index in [-0.39, 0.29) is 12.3 Å². The van der Waals surface area contributed by atoms with E-state index in [1.807, 2.05) is 42.8 Å². The molecule has 0 saturated carbocycles. The lowest BCUT2D eigenvalue weighted by Crippen LogP contribution is -2.15. The number of aromatic nitrogens is 2. The molecule has 2 aromatic heterocycles. The molecular formula is C20H21N3O3. The van der Waals surface area contributed by atoms with Crippen molar-refractivity contribution in [1.82, 2.24) is 9.38 Å². The van der Waals surface area contributed by atoms with Crippen molar-refractivity contribution in [1.29, 1.82) is 0 Å². The van der Waals surface area contributed by atoms with Gasteiger partial charge in [-0.3, -0.25) is 4.79 Å². The summed E-state index contributed by atoms with van der Waals surface area (Å²) >= 11 is 0. The van der Waals surface area contributed by atoms with Gasteiger partial charge in [0.05, 0.1) is 24.3 Å². The molecule has 6 heteroatoms. The number of esters is 1. The van der Waals surface area contributed by atoms with Crippen LogP contribution < -0.4 is 5.32 Å². The Labute approximate surface area is 151 Å². The van der Waals surface area contributed by atoms with Gasteiger partial charge < -0.3 is 14.5 Å². The molecule has 0 unspecified atom stereocenters. The number of pyridine rings is 1. The highest BCUT2D eigenvalue weighted by atomic mass is 16.5. The highest BCUT2D eigenvalue weighted by Crippen LogP contribution is 2.14. The lowest BCUT2D eigenvalue weighted by Gasteiger charge is -2.07. The van der Waals surface area contributed by atoms with Gasteiger partial charge in [0, 0.05) is 18.1 Å². The first-order valence-electron chi connectivity index (χ1n) is 8.57. The third kappa shape index (κ3) is 4.08. The number of benzene rings is 1. The van der Waals surface area contributed by atoms with Crippen LogP contribution in [0, 0.1) is 6.92 Å². The van der Waals surface area contributed by atoms with Gasteiger partial charge in [-0.15, -0.1) is 0 Å². The molecule has 6 nitrogen and oxygen atoms in total. The summed E-state index contributed by atoms with van der Waals surface area (Å²) in [6.07, 6.45) is 4.68. The fourth-order valence-electron chi connectivity index (χ4n) is 2.66. The third-order valence-corrected chi connectivity index (χ3v) is 3.89. The number of carbonyl (C=O) groups is 2. The minimum atomic E-state index is -0.390. The quantitative estimate of drug-likeness (QED) is 0.691. The maximum atomic E-state index is 12.3. The van der Waals surface area contributed by atoms with Crippen molar-refractivity contribution < 1.29 is 14.3 Å². The van der Waals surface area contributed by atoms with Gasteiger partial charge in [0.15, 0.2) is 0 Å². The molecule has 0 aliphatic heterocycles. The zero-order chi connectivity index (χ0) is 18.5. The van der Waals surface area contributed by atoms with Crippen molar-refractivity contribution in [3.63, 3.8) is 0 Å². The van der Waals surface area contributed by atoms with Crippen LogP contribution in [-0.4, -0.2) is 27.9 Å². The summed E-state index contributed by atoms with van der Waals surface area (Å²) in [4.78, 5) is 28.7. The third-order valence-electron chi connectivity index (χ3n) is 3.89. The first-order valence-corrected chi connectivity index (χ1v) is 8.57. The zero-order valence-corrected chi connectivity index (χ0v) is 14.9. The number of anilines is 1. The van der Waals surface area contributed by atoms with Crippen LogP contribution >= 0.6 is 0 Å². The molecule has 3 aromatic rings. The molecule has 1 amide bonds. The van der Waals surface area contributed by atoms with Crippen LogP contribution in [0.3, 0.4) is 0 Å². The number of aryl methyl sites for hydroxylation is 1. The van der Waals surface area contributed by atoms with Crippen LogP contribution in [0.25, 0.3) is 5.65 Å². The molecule has 0 fully saturated rings. The summed E-state index contributed by atoms with van der Waals surface area (Å²) in [5, 5.41) is 2.80. The van der Waals surface area contributed by atoms with Crippen molar-refractivity contribution in [3.8, 4) is 0 Å². The standard InChI is InChI=1S/C20H21N3O3/c1-3-10-26-20(25)15-7-4-8-16(11-15)21-18(24)12-17-13-23-9-5-6-14(2)19(23)22-17/h4-9,11,13H,3,10,12H2,1-2H3,(H,21,24). The van der Waals surface area contributed by atoms with E-state index in [1.54, 1.807) is 24.3 Å². The molecule has 0 atom stereocenters. The number of hydrogen-bond acceptors (Lipinski definition) is 4. The Morgan fingerprint density at radius 2 is 2.08 bits per heavy atom. The summed E-state index contributed by atoms with van der Waals surface area (Å²) in [5.41, 5.74) is 3.56. The number of rotatable bonds is 6. The molecule has 0 aliphatic carbocycles. The lowest BCUT2D eigenvalue weighted by atomic mass is 10.2. The van der Waals surface area contributed by atoms with Crippen molar-refractivity contribution in [2.45, 2.75) is 26.7 Å². The Bertz CT molecular complexity index is 946. The minimum absolute atomic E-state index is 0.158. The molecule has 0 saturated heterocycles. The van der Waals surface area contributed by atoms with E-state index in [9.17, 15) is 9.59 Å². The second-order valence-electron chi connectivity index (χ2n) is 6.10. The Balaban J connectivity index is 1.67. The van der Waals surface area contributed by atoms with Gasteiger partial charge in [-0.2, -0.15) is 0 Å². The second-order valence-corrected chi connectivity index (χ2v) is 6.10. The zero-order valence-electron chi connectivity index (χ0n) is 14.9. The second kappa shape index (κ2) is 7.82.